The van der Waals surface area contributed by atoms with Crippen molar-refractivity contribution in [2.45, 2.75) is 6.61 Å². The summed E-state index contributed by atoms with van der Waals surface area (Å²) in [5.41, 5.74) is 1.70. The number of ether oxygens (including phenoxy) is 1. The zero-order valence-electron chi connectivity index (χ0n) is 9.54. The third kappa shape index (κ3) is 2.79. The fourth-order valence-corrected chi connectivity index (χ4v) is 1.52. The molecular weight excluding hydrogens is 232 g/mol. The molecule has 0 unspecified atom stereocenters. The minimum absolute atomic E-state index is 0.169. The number of carbonyl (C=O) groups is 1. The Morgan fingerprint density at radius 3 is 2.00 bits per heavy atom. The third-order valence-electron chi connectivity index (χ3n) is 2.45. The van der Waals surface area contributed by atoms with Crippen molar-refractivity contribution < 1.29 is 19.7 Å². The van der Waals surface area contributed by atoms with Gasteiger partial charge in [-0.25, -0.2) is 4.79 Å². The number of fused-ring (bicyclic) bond motifs is 1. The molecule has 0 radical (unpaired) electrons. The molecule has 2 aromatic rings. The molecule has 0 saturated carbocycles. The van der Waals surface area contributed by atoms with E-state index in [4.69, 9.17) is 14.9 Å². The first-order chi connectivity index (χ1) is 8.66. The number of esters is 1. The van der Waals surface area contributed by atoms with Crippen molar-refractivity contribution in [3.8, 4) is 11.5 Å². The molecule has 3 rings (SSSR count). The molecule has 92 valence electrons. The number of carbonyl (C=O) groups excluding carboxylic acids is 1. The summed E-state index contributed by atoms with van der Waals surface area (Å²) < 4.78 is 4.78. The lowest BCUT2D eigenvalue weighted by molar-refractivity contribution is 0.0535. The Labute approximate surface area is 104 Å². The predicted octanol–water partition coefficient (Wildman–Crippen LogP) is 2.45. The van der Waals surface area contributed by atoms with Crippen LogP contribution in [-0.4, -0.2) is 16.2 Å². The lowest BCUT2D eigenvalue weighted by atomic mass is 10.1. The quantitative estimate of drug-likeness (QED) is 0.551. The van der Waals surface area contributed by atoms with Gasteiger partial charge in [0.15, 0.2) is 0 Å². The zero-order valence-corrected chi connectivity index (χ0v) is 9.54. The molecular formula is C14H12O4. The van der Waals surface area contributed by atoms with Crippen LogP contribution in [0, 0.1) is 0 Å². The van der Waals surface area contributed by atoms with Crippen LogP contribution in [0.4, 0.5) is 0 Å². The summed E-state index contributed by atoms with van der Waals surface area (Å²) in [6.45, 7) is 0.439. The summed E-state index contributed by atoms with van der Waals surface area (Å²) in [4.78, 5) is 10.8. The number of phenolic OH excluding ortho intramolecular Hbond substituents is 2. The van der Waals surface area contributed by atoms with E-state index in [9.17, 15) is 4.79 Å². The van der Waals surface area contributed by atoms with E-state index in [0.717, 1.165) is 5.56 Å². The first kappa shape index (κ1) is 12.0. The maximum absolute atomic E-state index is 10.8. The van der Waals surface area contributed by atoms with Crippen molar-refractivity contribution in [3.05, 3.63) is 59.7 Å². The molecule has 0 aliphatic carbocycles. The van der Waals surface area contributed by atoms with E-state index < -0.39 is 0 Å². The Hall–Kier alpha value is -2.49. The van der Waals surface area contributed by atoms with Crippen molar-refractivity contribution >= 4 is 5.97 Å². The molecule has 2 aromatic carbocycles. The largest absolute Gasteiger partial charge is 0.508 e. The second-order valence-corrected chi connectivity index (χ2v) is 3.75. The van der Waals surface area contributed by atoms with E-state index >= 15 is 0 Å². The second kappa shape index (κ2) is 5.23. The van der Waals surface area contributed by atoms with Gasteiger partial charge in [0.05, 0.1) is 5.56 Å². The lowest BCUT2D eigenvalue weighted by Crippen LogP contribution is -1.91. The molecule has 0 spiro atoms. The Kier molecular flexibility index (Phi) is 3.48. The van der Waals surface area contributed by atoms with Gasteiger partial charge in [0.1, 0.15) is 18.1 Å². The normalized spacial score (nSPS) is 12.1. The number of hydrogen-bond acceptors (Lipinski definition) is 4. The molecule has 0 atom stereocenters. The number of cyclic esters (lactones) is 1. The number of phenols is 2. The fourth-order valence-electron chi connectivity index (χ4n) is 1.52. The Morgan fingerprint density at radius 2 is 1.44 bits per heavy atom. The molecule has 0 saturated heterocycles. The summed E-state index contributed by atoms with van der Waals surface area (Å²) in [6.07, 6.45) is 0. The van der Waals surface area contributed by atoms with Crippen molar-refractivity contribution in [2.24, 2.45) is 0 Å². The van der Waals surface area contributed by atoms with Gasteiger partial charge >= 0.3 is 5.97 Å². The molecule has 1 aliphatic rings. The van der Waals surface area contributed by atoms with Crippen LogP contribution in [0.1, 0.15) is 15.9 Å². The number of benzene rings is 2. The SMILES string of the molecule is O=C1OCc2ccccc21.Oc1ccc(O)cc1. The molecule has 0 amide bonds. The fraction of sp³-hybridized carbons (Fsp3) is 0.0714. The monoisotopic (exact) mass is 244 g/mol. The molecule has 1 heterocycles. The molecule has 1 aliphatic heterocycles. The average molecular weight is 244 g/mol. The van der Waals surface area contributed by atoms with Crippen LogP contribution in [0.5, 0.6) is 11.5 Å². The van der Waals surface area contributed by atoms with Crippen LogP contribution in [0.2, 0.25) is 0 Å². The van der Waals surface area contributed by atoms with Gasteiger partial charge in [-0.15, -0.1) is 0 Å². The summed E-state index contributed by atoms with van der Waals surface area (Å²) in [5, 5.41) is 17.3. The van der Waals surface area contributed by atoms with E-state index in [1.807, 2.05) is 18.2 Å². The Bertz CT molecular complexity index is 525. The standard InChI is InChI=1S/C8H6O2.C6H6O2/c9-8-7-4-2-1-3-6(7)5-10-8;7-5-1-2-6(8)4-3-5/h1-4H,5H2;1-4,7-8H. The van der Waals surface area contributed by atoms with Crippen molar-refractivity contribution in [1.82, 2.24) is 0 Å². The topological polar surface area (TPSA) is 66.8 Å². The van der Waals surface area contributed by atoms with Gasteiger partial charge in [-0.2, -0.15) is 0 Å². The van der Waals surface area contributed by atoms with Crippen LogP contribution in [0.25, 0.3) is 0 Å². The first-order valence-corrected chi connectivity index (χ1v) is 5.40. The third-order valence-corrected chi connectivity index (χ3v) is 2.45. The van der Waals surface area contributed by atoms with E-state index in [-0.39, 0.29) is 17.5 Å². The second-order valence-electron chi connectivity index (χ2n) is 3.75. The predicted molar refractivity (Wildman–Crippen MR) is 65.3 cm³/mol. The van der Waals surface area contributed by atoms with Crippen molar-refractivity contribution in [1.29, 1.82) is 0 Å². The van der Waals surface area contributed by atoms with Crippen molar-refractivity contribution in [2.75, 3.05) is 0 Å². The van der Waals surface area contributed by atoms with Gasteiger partial charge in [0.25, 0.3) is 0 Å². The average Bonchev–Trinajstić information content (AvgIpc) is 2.76. The maximum atomic E-state index is 10.8. The summed E-state index contributed by atoms with van der Waals surface area (Å²) in [5.74, 6) is 0.140. The lowest BCUT2D eigenvalue weighted by Gasteiger charge is -1.88. The minimum atomic E-state index is -0.199. The van der Waals surface area contributed by atoms with Gasteiger partial charge in [-0.3, -0.25) is 0 Å². The molecule has 0 bridgehead atoms. The van der Waals surface area contributed by atoms with E-state index in [2.05, 4.69) is 0 Å². The minimum Gasteiger partial charge on any atom is -0.508 e. The molecule has 4 heteroatoms. The number of rotatable bonds is 0. The van der Waals surface area contributed by atoms with Crippen LogP contribution in [0.3, 0.4) is 0 Å². The smallest absolute Gasteiger partial charge is 0.338 e. The van der Waals surface area contributed by atoms with Crippen LogP contribution < -0.4 is 0 Å². The van der Waals surface area contributed by atoms with Crippen molar-refractivity contribution in [3.63, 3.8) is 0 Å². The van der Waals surface area contributed by atoms with Gasteiger partial charge < -0.3 is 14.9 Å². The Balaban J connectivity index is 0.000000138. The highest BCUT2D eigenvalue weighted by Crippen LogP contribution is 2.18. The molecule has 0 fully saturated rings. The van der Waals surface area contributed by atoms with E-state index in [1.165, 1.54) is 24.3 Å². The van der Waals surface area contributed by atoms with Crippen LogP contribution in [-0.2, 0) is 11.3 Å². The molecule has 0 aromatic heterocycles. The highest BCUT2D eigenvalue weighted by Gasteiger charge is 2.18. The summed E-state index contributed by atoms with van der Waals surface area (Å²) in [7, 11) is 0. The van der Waals surface area contributed by atoms with Gasteiger partial charge in [-0.05, 0) is 30.3 Å². The van der Waals surface area contributed by atoms with Gasteiger partial charge in [-0.1, -0.05) is 18.2 Å². The van der Waals surface area contributed by atoms with Crippen LogP contribution >= 0.6 is 0 Å². The molecule has 2 N–H and O–H groups in total. The van der Waals surface area contributed by atoms with E-state index in [1.54, 1.807) is 6.07 Å². The molecule has 18 heavy (non-hydrogen) atoms. The Morgan fingerprint density at radius 1 is 0.889 bits per heavy atom. The van der Waals surface area contributed by atoms with Gasteiger partial charge in [0, 0.05) is 5.56 Å². The number of aromatic hydroxyl groups is 2. The first-order valence-electron chi connectivity index (χ1n) is 5.40. The van der Waals surface area contributed by atoms with Crippen LogP contribution in [0.15, 0.2) is 48.5 Å². The summed E-state index contributed by atoms with van der Waals surface area (Å²) >= 11 is 0. The maximum Gasteiger partial charge on any atom is 0.338 e. The zero-order chi connectivity index (χ0) is 13.0. The van der Waals surface area contributed by atoms with E-state index in [0.29, 0.717) is 12.2 Å². The highest BCUT2D eigenvalue weighted by molar-refractivity contribution is 5.93. The number of hydrogen-bond donors (Lipinski definition) is 2. The summed E-state index contributed by atoms with van der Waals surface area (Å²) in [6, 6.07) is 13.1. The van der Waals surface area contributed by atoms with Gasteiger partial charge in [0.2, 0.25) is 0 Å². The molecule has 4 nitrogen and oxygen atoms in total. The highest BCUT2D eigenvalue weighted by atomic mass is 16.5.